The number of nitro benzene ring substituents is 1. The third-order valence-corrected chi connectivity index (χ3v) is 5.52. The van der Waals surface area contributed by atoms with Gasteiger partial charge in [-0.15, -0.1) is 0 Å². The van der Waals surface area contributed by atoms with Gasteiger partial charge in [-0.1, -0.05) is 41.6 Å². The summed E-state index contributed by atoms with van der Waals surface area (Å²) in [5.74, 6) is 1.28. The highest BCUT2D eigenvalue weighted by Gasteiger charge is 2.20. The fraction of sp³-hybridized carbons (Fsp3) is 0.192. The van der Waals surface area contributed by atoms with Gasteiger partial charge in [0.05, 0.1) is 12.0 Å². The molecule has 1 amide bonds. The SMILES string of the molecule is COc1ccc(-c2noc(CCN(CCc3ccccc3)C(=O)c3cccc([N+](=O)[O-])c3)n2)cc1. The van der Waals surface area contributed by atoms with Gasteiger partial charge >= 0.3 is 0 Å². The quantitative estimate of drug-likeness (QED) is 0.245. The van der Waals surface area contributed by atoms with Gasteiger partial charge in [0.15, 0.2) is 0 Å². The minimum Gasteiger partial charge on any atom is -0.497 e. The molecule has 9 heteroatoms. The molecule has 0 saturated carbocycles. The highest BCUT2D eigenvalue weighted by molar-refractivity contribution is 5.94. The lowest BCUT2D eigenvalue weighted by atomic mass is 10.1. The molecule has 4 rings (SSSR count). The number of nitrogens with zero attached hydrogens (tertiary/aromatic N) is 4. The molecule has 0 bridgehead atoms. The number of methoxy groups -OCH3 is 1. The first kappa shape index (κ1) is 23.6. The van der Waals surface area contributed by atoms with Crippen LogP contribution < -0.4 is 4.74 Å². The molecule has 9 nitrogen and oxygen atoms in total. The molecule has 1 aromatic heterocycles. The Balaban J connectivity index is 1.49. The van der Waals surface area contributed by atoms with Crippen LogP contribution in [0.3, 0.4) is 0 Å². The number of benzene rings is 3. The van der Waals surface area contributed by atoms with Crippen molar-refractivity contribution >= 4 is 11.6 Å². The molecule has 0 atom stereocenters. The number of hydrogen-bond donors (Lipinski definition) is 0. The average molecular weight is 473 g/mol. The summed E-state index contributed by atoms with van der Waals surface area (Å²) in [6, 6.07) is 22.9. The number of nitro groups is 1. The molecule has 4 aromatic rings. The highest BCUT2D eigenvalue weighted by Crippen LogP contribution is 2.20. The lowest BCUT2D eigenvalue weighted by Crippen LogP contribution is -2.34. The van der Waals surface area contributed by atoms with Crippen molar-refractivity contribution in [3.05, 3.63) is 106 Å². The first-order valence-electron chi connectivity index (χ1n) is 11.1. The van der Waals surface area contributed by atoms with E-state index < -0.39 is 4.92 Å². The number of non-ortho nitro benzene ring substituents is 1. The predicted octanol–water partition coefficient (Wildman–Crippen LogP) is 4.58. The van der Waals surface area contributed by atoms with Crippen LogP contribution in [0.25, 0.3) is 11.4 Å². The van der Waals surface area contributed by atoms with Crippen LogP contribution in [0, 0.1) is 10.1 Å². The van der Waals surface area contributed by atoms with Crippen LogP contribution in [-0.4, -0.2) is 46.1 Å². The third-order valence-electron chi connectivity index (χ3n) is 5.52. The second-order valence-electron chi connectivity index (χ2n) is 7.83. The Hall–Kier alpha value is -4.53. The molecule has 0 N–H and O–H groups in total. The number of ether oxygens (including phenoxy) is 1. The molecule has 0 aliphatic heterocycles. The van der Waals surface area contributed by atoms with Crippen molar-refractivity contribution in [1.82, 2.24) is 15.0 Å². The van der Waals surface area contributed by atoms with Gasteiger partial charge in [0, 0.05) is 42.8 Å². The Labute approximate surface area is 202 Å². The van der Waals surface area contributed by atoms with E-state index in [1.807, 2.05) is 54.6 Å². The second kappa shape index (κ2) is 11.1. The van der Waals surface area contributed by atoms with E-state index in [9.17, 15) is 14.9 Å². The zero-order valence-corrected chi connectivity index (χ0v) is 19.2. The van der Waals surface area contributed by atoms with Gasteiger partial charge < -0.3 is 14.2 Å². The highest BCUT2D eigenvalue weighted by atomic mass is 16.6. The fourth-order valence-corrected chi connectivity index (χ4v) is 3.60. The standard InChI is InChI=1S/C26H24N4O5/c1-34-23-12-10-20(11-13-23)25-27-24(35-28-25)15-17-29(16-14-19-6-3-2-4-7-19)26(31)21-8-5-9-22(18-21)30(32)33/h2-13,18H,14-17H2,1H3. The van der Waals surface area contributed by atoms with E-state index in [1.165, 1.54) is 18.2 Å². The molecule has 0 saturated heterocycles. The Morgan fingerprint density at radius 1 is 1.00 bits per heavy atom. The molecule has 0 aliphatic rings. The topological polar surface area (TPSA) is 112 Å². The van der Waals surface area contributed by atoms with E-state index in [2.05, 4.69) is 10.1 Å². The molecule has 0 fully saturated rings. The van der Waals surface area contributed by atoms with Crippen LogP contribution in [0.5, 0.6) is 5.75 Å². The minimum atomic E-state index is -0.510. The zero-order valence-electron chi connectivity index (χ0n) is 19.2. The molecule has 35 heavy (non-hydrogen) atoms. The zero-order chi connectivity index (χ0) is 24.6. The summed E-state index contributed by atoms with van der Waals surface area (Å²) < 4.78 is 10.6. The Morgan fingerprint density at radius 3 is 2.46 bits per heavy atom. The molecular formula is C26H24N4O5. The van der Waals surface area contributed by atoms with Gasteiger partial charge in [-0.3, -0.25) is 14.9 Å². The van der Waals surface area contributed by atoms with Crippen LogP contribution in [0.1, 0.15) is 21.8 Å². The van der Waals surface area contributed by atoms with Crippen molar-refractivity contribution in [3.63, 3.8) is 0 Å². The summed E-state index contributed by atoms with van der Waals surface area (Å²) in [7, 11) is 1.60. The Morgan fingerprint density at radius 2 is 1.74 bits per heavy atom. The summed E-state index contributed by atoms with van der Waals surface area (Å²) >= 11 is 0. The van der Waals surface area contributed by atoms with Gasteiger partial charge in [0.25, 0.3) is 11.6 Å². The monoisotopic (exact) mass is 472 g/mol. The van der Waals surface area contributed by atoms with Crippen molar-refractivity contribution in [1.29, 1.82) is 0 Å². The van der Waals surface area contributed by atoms with E-state index in [0.717, 1.165) is 16.9 Å². The lowest BCUT2D eigenvalue weighted by molar-refractivity contribution is -0.384. The van der Waals surface area contributed by atoms with Crippen molar-refractivity contribution < 1.29 is 19.0 Å². The minimum absolute atomic E-state index is 0.125. The summed E-state index contributed by atoms with van der Waals surface area (Å²) in [6.45, 7) is 0.754. The fourth-order valence-electron chi connectivity index (χ4n) is 3.60. The van der Waals surface area contributed by atoms with E-state index in [4.69, 9.17) is 9.26 Å². The third kappa shape index (κ3) is 6.08. The number of rotatable bonds is 10. The summed E-state index contributed by atoms with van der Waals surface area (Å²) in [5.41, 5.74) is 2.01. The smallest absolute Gasteiger partial charge is 0.270 e. The summed E-state index contributed by atoms with van der Waals surface area (Å²) in [4.78, 5) is 30.0. The van der Waals surface area contributed by atoms with Crippen molar-refractivity contribution in [2.45, 2.75) is 12.8 Å². The second-order valence-corrected chi connectivity index (χ2v) is 7.83. The first-order chi connectivity index (χ1) is 17.0. The maximum absolute atomic E-state index is 13.3. The van der Waals surface area contributed by atoms with E-state index in [1.54, 1.807) is 18.1 Å². The normalized spacial score (nSPS) is 10.7. The van der Waals surface area contributed by atoms with Gasteiger partial charge in [0.1, 0.15) is 5.75 Å². The largest absolute Gasteiger partial charge is 0.497 e. The molecule has 0 aliphatic carbocycles. The number of carbonyl (C=O) groups is 1. The van der Waals surface area contributed by atoms with E-state index in [0.29, 0.717) is 37.6 Å². The van der Waals surface area contributed by atoms with Gasteiger partial charge in [0.2, 0.25) is 11.7 Å². The maximum Gasteiger partial charge on any atom is 0.270 e. The molecule has 178 valence electrons. The molecule has 0 unspecified atom stereocenters. The van der Waals surface area contributed by atoms with Gasteiger partial charge in [-0.25, -0.2) is 0 Å². The predicted molar refractivity (Wildman–Crippen MR) is 129 cm³/mol. The number of carbonyl (C=O) groups excluding carboxylic acids is 1. The molecule has 0 spiro atoms. The van der Waals surface area contributed by atoms with Crippen LogP contribution >= 0.6 is 0 Å². The van der Waals surface area contributed by atoms with Crippen molar-refractivity contribution in [2.75, 3.05) is 20.2 Å². The summed E-state index contributed by atoms with van der Waals surface area (Å²) in [5, 5.41) is 15.2. The average Bonchev–Trinajstić information content (AvgIpc) is 3.38. The Kier molecular flexibility index (Phi) is 7.47. The first-order valence-corrected chi connectivity index (χ1v) is 11.1. The van der Waals surface area contributed by atoms with Crippen LogP contribution in [0.4, 0.5) is 5.69 Å². The molecule has 1 heterocycles. The van der Waals surface area contributed by atoms with E-state index >= 15 is 0 Å². The maximum atomic E-state index is 13.3. The number of amides is 1. The number of aromatic nitrogens is 2. The lowest BCUT2D eigenvalue weighted by Gasteiger charge is -2.22. The molecular weight excluding hydrogens is 448 g/mol. The van der Waals surface area contributed by atoms with Gasteiger partial charge in [-0.05, 0) is 42.3 Å². The molecule has 3 aromatic carbocycles. The van der Waals surface area contributed by atoms with Crippen LogP contribution in [0.15, 0.2) is 83.4 Å². The number of hydrogen-bond acceptors (Lipinski definition) is 7. The van der Waals surface area contributed by atoms with Crippen LogP contribution in [0.2, 0.25) is 0 Å². The van der Waals surface area contributed by atoms with Crippen molar-refractivity contribution in [3.8, 4) is 17.1 Å². The van der Waals surface area contributed by atoms with E-state index in [-0.39, 0.29) is 17.2 Å². The van der Waals surface area contributed by atoms with Crippen molar-refractivity contribution in [2.24, 2.45) is 0 Å². The summed E-state index contributed by atoms with van der Waals surface area (Å²) in [6.07, 6.45) is 0.987. The Bertz CT molecular complexity index is 1290. The van der Waals surface area contributed by atoms with Gasteiger partial charge in [-0.2, -0.15) is 4.98 Å². The van der Waals surface area contributed by atoms with Crippen LogP contribution in [-0.2, 0) is 12.8 Å². The molecule has 0 radical (unpaired) electrons.